The molecule has 0 saturated heterocycles. The lowest BCUT2D eigenvalue weighted by atomic mass is 9.88. The summed E-state index contributed by atoms with van der Waals surface area (Å²) in [5, 5.41) is 19.0. The van der Waals surface area contributed by atoms with Gasteiger partial charge >= 0.3 is 5.97 Å². The molecule has 4 N–H and O–H groups in total. The van der Waals surface area contributed by atoms with Crippen LogP contribution in [-0.2, 0) is 14.3 Å². The summed E-state index contributed by atoms with van der Waals surface area (Å²) in [6.45, 7) is 0. The average molecular weight is 530 g/mol. The van der Waals surface area contributed by atoms with Crippen LogP contribution >= 0.6 is 0 Å². The number of methoxy groups -OCH3 is 1. The van der Waals surface area contributed by atoms with Crippen molar-refractivity contribution in [1.82, 2.24) is 0 Å². The minimum atomic E-state index is -1.57. The van der Waals surface area contributed by atoms with Crippen LogP contribution in [0.15, 0.2) is 66.7 Å². The van der Waals surface area contributed by atoms with Crippen molar-refractivity contribution < 1.29 is 23.8 Å². The van der Waals surface area contributed by atoms with Gasteiger partial charge in [0, 0.05) is 40.7 Å². The fourth-order valence-corrected chi connectivity index (χ4v) is 4.88. The lowest BCUT2D eigenvalue weighted by molar-refractivity contribution is -0.134. The van der Waals surface area contributed by atoms with E-state index in [-0.39, 0.29) is 17.4 Å². The molecule has 39 heavy (non-hydrogen) atoms. The van der Waals surface area contributed by atoms with Gasteiger partial charge in [-0.1, -0.05) is 49.6 Å². The number of nitrogens with zero attached hydrogens (tertiary/aromatic N) is 1. The minimum Gasteiger partial charge on any atom is -0.466 e. The molecule has 202 valence electrons. The second-order valence-corrected chi connectivity index (χ2v) is 9.59. The van der Waals surface area contributed by atoms with Crippen LogP contribution in [0.25, 0.3) is 17.2 Å². The summed E-state index contributed by atoms with van der Waals surface area (Å²) in [6.07, 6.45) is 6.69. The van der Waals surface area contributed by atoms with E-state index in [9.17, 15) is 14.7 Å². The molecule has 1 fully saturated rings. The lowest BCUT2D eigenvalue weighted by Crippen LogP contribution is -2.40. The van der Waals surface area contributed by atoms with Gasteiger partial charge in [-0.3, -0.25) is 9.69 Å². The van der Waals surface area contributed by atoms with Crippen molar-refractivity contribution in [3.8, 4) is 11.1 Å². The monoisotopic (exact) mass is 529 g/mol. The topological polar surface area (TPSA) is 117 Å². The maximum absolute atomic E-state index is 15.5. The van der Waals surface area contributed by atoms with E-state index in [1.54, 1.807) is 54.6 Å². The Balaban J connectivity index is 1.71. The maximum atomic E-state index is 15.5. The fraction of sp³-hybridized carbons (Fsp3) is 0.258. The summed E-state index contributed by atoms with van der Waals surface area (Å²) in [4.78, 5) is 26.6. The van der Waals surface area contributed by atoms with Gasteiger partial charge in [0.2, 0.25) is 5.91 Å². The van der Waals surface area contributed by atoms with Gasteiger partial charge in [-0.05, 0) is 65.9 Å². The Labute approximate surface area is 227 Å². The number of benzene rings is 3. The van der Waals surface area contributed by atoms with Crippen molar-refractivity contribution in [2.45, 2.75) is 38.3 Å². The van der Waals surface area contributed by atoms with E-state index in [2.05, 4.69) is 4.74 Å². The summed E-state index contributed by atoms with van der Waals surface area (Å²) in [7, 11) is 1.28. The van der Waals surface area contributed by atoms with Crippen molar-refractivity contribution in [1.29, 1.82) is 5.41 Å². The lowest BCUT2D eigenvalue weighted by Gasteiger charge is -2.33. The highest BCUT2D eigenvalue weighted by molar-refractivity contribution is 5.96. The molecule has 1 unspecified atom stereocenters. The van der Waals surface area contributed by atoms with Crippen molar-refractivity contribution in [2.24, 2.45) is 5.92 Å². The maximum Gasteiger partial charge on any atom is 0.330 e. The molecule has 7 nitrogen and oxygen atoms in total. The van der Waals surface area contributed by atoms with E-state index in [1.807, 2.05) is 0 Å². The van der Waals surface area contributed by atoms with Gasteiger partial charge in [0.05, 0.1) is 7.11 Å². The van der Waals surface area contributed by atoms with Gasteiger partial charge in [0.1, 0.15) is 5.82 Å². The number of amides is 1. The zero-order chi connectivity index (χ0) is 27.9. The number of anilines is 2. The second kappa shape index (κ2) is 12.5. The SMILES string of the molecule is COC(=O)/C=C/c1cccc(N(C(=O)C2CCCCC2)C(O)c2ccc(-c3ccc(N)c(C=N)c3)cc2F)c1. The summed E-state index contributed by atoms with van der Waals surface area (Å²) >= 11 is 0. The van der Waals surface area contributed by atoms with Gasteiger partial charge in [-0.25, -0.2) is 9.18 Å². The molecule has 1 aliphatic carbocycles. The number of nitrogen functional groups attached to an aromatic ring is 1. The molecule has 0 spiro atoms. The first-order chi connectivity index (χ1) is 18.8. The van der Waals surface area contributed by atoms with Crippen LogP contribution in [0.5, 0.6) is 0 Å². The number of nitrogens with two attached hydrogens (primary N) is 1. The number of halogens is 1. The molecule has 0 radical (unpaired) electrons. The number of hydrogen-bond acceptors (Lipinski definition) is 6. The Morgan fingerprint density at radius 2 is 1.79 bits per heavy atom. The molecule has 3 aromatic rings. The first-order valence-electron chi connectivity index (χ1n) is 12.9. The quantitative estimate of drug-likeness (QED) is 0.111. The number of rotatable bonds is 8. The minimum absolute atomic E-state index is 0.0406. The molecule has 1 amide bonds. The molecule has 0 aliphatic heterocycles. The molecule has 1 saturated carbocycles. The van der Waals surface area contributed by atoms with E-state index in [1.165, 1.54) is 30.2 Å². The van der Waals surface area contributed by atoms with Crippen LogP contribution in [0.3, 0.4) is 0 Å². The van der Waals surface area contributed by atoms with Crippen LogP contribution in [0.1, 0.15) is 55.0 Å². The number of carbonyl (C=O) groups excluding carboxylic acids is 2. The van der Waals surface area contributed by atoms with Crippen molar-refractivity contribution in [3.63, 3.8) is 0 Å². The standard InChI is InChI=1S/C31H32FN3O4/c1-39-29(36)15-10-20-6-5-9-25(16-20)35(30(37)21-7-3-2-4-8-21)31(38)26-13-11-23(18-27(26)32)22-12-14-28(34)24(17-22)19-33/h5-6,9-19,21,31,33,38H,2-4,7-8,34H2,1H3/b15-10+,33-19?. The Kier molecular flexibility index (Phi) is 8.88. The predicted molar refractivity (Wildman–Crippen MR) is 151 cm³/mol. The fourth-order valence-electron chi connectivity index (χ4n) is 4.88. The van der Waals surface area contributed by atoms with Gasteiger partial charge in [0.15, 0.2) is 6.23 Å². The first-order valence-corrected chi connectivity index (χ1v) is 12.9. The second-order valence-electron chi connectivity index (χ2n) is 9.59. The van der Waals surface area contributed by atoms with Crippen molar-refractivity contribution in [2.75, 3.05) is 17.7 Å². The number of aliphatic hydroxyl groups is 1. The molecule has 3 aromatic carbocycles. The van der Waals surface area contributed by atoms with Crippen LogP contribution < -0.4 is 10.6 Å². The highest BCUT2D eigenvalue weighted by Gasteiger charge is 2.33. The van der Waals surface area contributed by atoms with E-state index in [4.69, 9.17) is 11.1 Å². The number of ether oxygens (including phenoxy) is 1. The molecule has 1 atom stereocenters. The van der Waals surface area contributed by atoms with Gasteiger partial charge in [0.25, 0.3) is 0 Å². The number of esters is 1. The van der Waals surface area contributed by atoms with E-state index in [0.29, 0.717) is 46.5 Å². The van der Waals surface area contributed by atoms with Crippen molar-refractivity contribution in [3.05, 3.63) is 89.2 Å². The van der Waals surface area contributed by atoms with Crippen LogP contribution in [0, 0.1) is 17.1 Å². The van der Waals surface area contributed by atoms with Crippen LogP contribution in [-0.4, -0.2) is 30.3 Å². The Morgan fingerprint density at radius 3 is 2.49 bits per heavy atom. The average Bonchev–Trinajstić information content (AvgIpc) is 2.96. The van der Waals surface area contributed by atoms with Crippen molar-refractivity contribution >= 4 is 35.5 Å². The molecule has 4 rings (SSSR count). The Morgan fingerprint density at radius 1 is 1.08 bits per heavy atom. The summed E-state index contributed by atoms with van der Waals surface area (Å²) < 4.78 is 20.2. The Bertz CT molecular complexity index is 1400. The van der Waals surface area contributed by atoms with Gasteiger partial charge in [-0.2, -0.15) is 0 Å². The first kappa shape index (κ1) is 27.7. The number of aliphatic hydroxyl groups excluding tert-OH is 1. The van der Waals surface area contributed by atoms with E-state index in [0.717, 1.165) is 25.5 Å². The summed E-state index contributed by atoms with van der Waals surface area (Å²) in [6, 6.07) is 16.3. The van der Waals surface area contributed by atoms with E-state index < -0.39 is 18.0 Å². The van der Waals surface area contributed by atoms with Crippen LogP contribution in [0.4, 0.5) is 15.8 Å². The molecular formula is C31H32FN3O4. The third-order valence-electron chi connectivity index (χ3n) is 7.05. The number of hydrogen-bond donors (Lipinski definition) is 3. The molecule has 1 aliphatic rings. The zero-order valence-corrected chi connectivity index (χ0v) is 21.8. The normalized spacial score (nSPS) is 14.6. The van der Waals surface area contributed by atoms with Gasteiger partial charge in [-0.15, -0.1) is 0 Å². The van der Waals surface area contributed by atoms with Gasteiger partial charge < -0.3 is 21.0 Å². The third kappa shape index (κ3) is 6.41. The van der Waals surface area contributed by atoms with Crippen LogP contribution in [0.2, 0.25) is 0 Å². The predicted octanol–water partition coefficient (Wildman–Crippen LogP) is 5.86. The molecular weight excluding hydrogens is 497 g/mol. The highest BCUT2D eigenvalue weighted by Crippen LogP contribution is 2.35. The van der Waals surface area contributed by atoms with E-state index >= 15 is 4.39 Å². The number of nitrogens with one attached hydrogen (secondary N) is 1. The summed E-state index contributed by atoms with van der Waals surface area (Å²) in [5.41, 5.74) is 9.03. The number of carbonyl (C=O) groups is 2. The third-order valence-corrected chi connectivity index (χ3v) is 7.05. The highest BCUT2D eigenvalue weighted by atomic mass is 19.1. The largest absolute Gasteiger partial charge is 0.466 e. The molecule has 0 aromatic heterocycles. The molecule has 0 bridgehead atoms. The zero-order valence-electron chi connectivity index (χ0n) is 21.8. The Hall–Kier alpha value is -4.30. The molecule has 0 heterocycles. The molecule has 8 heteroatoms. The smallest absolute Gasteiger partial charge is 0.330 e. The summed E-state index contributed by atoms with van der Waals surface area (Å²) in [5.74, 6) is -1.74.